The van der Waals surface area contributed by atoms with Crippen molar-refractivity contribution >= 4 is 48.0 Å². The standard InChI is InChI=1S/C14H17Cl2F3N2.2ClH/c15-11-2-1-10(9-12(11)16)13(3-4-14(17,18)19)21-7-5-20-6-8-21;;/h1-2,9,13,20H,3-8H2;2*1H/t13-;;/m1../s1. The Hall–Kier alpha value is 0.0900. The molecule has 1 aliphatic heterocycles. The monoisotopic (exact) mass is 412 g/mol. The largest absolute Gasteiger partial charge is 0.389 e. The van der Waals surface area contributed by atoms with E-state index in [0.29, 0.717) is 10.0 Å². The van der Waals surface area contributed by atoms with Crippen LogP contribution in [0.1, 0.15) is 24.4 Å². The molecule has 1 atom stereocenters. The van der Waals surface area contributed by atoms with Crippen molar-refractivity contribution in [2.75, 3.05) is 26.2 Å². The summed E-state index contributed by atoms with van der Waals surface area (Å²) < 4.78 is 37.7. The minimum absolute atomic E-state index is 0. The summed E-state index contributed by atoms with van der Waals surface area (Å²) in [4.78, 5) is 2.07. The molecule has 1 aromatic carbocycles. The molecule has 2 rings (SSSR count). The summed E-state index contributed by atoms with van der Waals surface area (Å²) in [5, 5.41) is 3.99. The molecule has 1 N–H and O–H groups in total. The first kappa shape index (κ1) is 23.1. The molecule has 0 saturated carbocycles. The van der Waals surface area contributed by atoms with Gasteiger partial charge in [-0.2, -0.15) is 13.2 Å². The molecule has 0 unspecified atom stereocenters. The van der Waals surface area contributed by atoms with E-state index in [1.165, 1.54) is 0 Å². The van der Waals surface area contributed by atoms with Crippen molar-refractivity contribution in [3.63, 3.8) is 0 Å². The van der Waals surface area contributed by atoms with E-state index in [0.717, 1.165) is 31.7 Å². The minimum Gasteiger partial charge on any atom is -0.314 e. The molecule has 23 heavy (non-hydrogen) atoms. The van der Waals surface area contributed by atoms with Gasteiger partial charge >= 0.3 is 6.18 Å². The van der Waals surface area contributed by atoms with Crippen LogP contribution in [0.15, 0.2) is 18.2 Å². The summed E-state index contributed by atoms with van der Waals surface area (Å²) in [5.41, 5.74) is 0.788. The van der Waals surface area contributed by atoms with Crippen molar-refractivity contribution in [3.8, 4) is 0 Å². The molecule has 1 fully saturated rings. The lowest BCUT2D eigenvalue weighted by atomic mass is 9.99. The molecule has 1 aliphatic rings. The summed E-state index contributed by atoms with van der Waals surface area (Å²) in [6, 6.07) is 4.79. The smallest absolute Gasteiger partial charge is 0.314 e. The third-order valence-electron chi connectivity index (χ3n) is 3.62. The van der Waals surface area contributed by atoms with E-state index in [1.54, 1.807) is 18.2 Å². The molecule has 1 heterocycles. The Balaban J connectivity index is 0.00000242. The molecule has 0 amide bonds. The Kier molecular flexibility index (Phi) is 10.2. The van der Waals surface area contributed by atoms with Gasteiger partial charge in [0.2, 0.25) is 0 Å². The van der Waals surface area contributed by atoms with Crippen molar-refractivity contribution < 1.29 is 13.2 Å². The van der Waals surface area contributed by atoms with Gasteiger partial charge in [0.05, 0.1) is 10.0 Å². The van der Waals surface area contributed by atoms with Gasteiger partial charge in [0.1, 0.15) is 0 Å². The molecular formula is C14H19Cl4F3N2. The van der Waals surface area contributed by atoms with Crippen molar-refractivity contribution in [2.24, 2.45) is 0 Å². The summed E-state index contributed by atoms with van der Waals surface area (Å²) in [5.74, 6) is 0. The Morgan fingerprint density at radius 1 is 1.09 bits per heavy atom. The van der Waals surface area contributed by atoms with Gasteiger partial charge < -0.3 is 5.32 Å². The number of alkyl halides is 3. The quantitative estimate of drug-likeness (QED) is 0.736. The summed E-state index contributed by atoms with van der Waals surface area (Å²) in [7, 11) is 0. The molecule has 9 heteroatoms. The first-order valence-corrected chi connectivity index (χ1v) is 7.59. The maximum Gasteiger partial charge on any atom is 0.389 e. The average Bonchev–Trinajstić information content (AvgIpc) is 2.43. The highest BCUT2D eigenvalue weighted by atomic mass is 35.5. The van der Waals surface area contributed by atoms with E-state index < -0.39 is 12.6 Å². The molecule has 0 aliphatic carbocycles. The van der Waals surface area contributed by atoms with Gasteiger partial charge in [-0.25, -0.2) is 0 Å². The number of hydrogen-bond acceptors (Lipinski definition) is 2. The van der Waals surface area contributed by atoms with Crippen molar-refractivity contribution in [2.45, 2.75) is 25.1 Å². The molecule has 0 bridgehead atoms. The topological polar surface area (TPSA) is 15.3 Å². The number of piperazine rings is 1. The van der Waals surface area contributed by atoms with Crippen LogP contribution in [0.5, 0.6) is 0 Å². The Labute approximate surface area is 156 Å². The zero-order chi connectivity index (χ0) is 15.5. The van der Waals surface area contributed by atoms with Crippen molar-refractivity contribution in [1.82, 2.24) is 10.2 Å². The highest BCUT2D eigenvalue weighted by Gasteiger charge is 2.31. The highest BCUT2D eigenvalue weighted by molar-refractivity contribution is 6.42. The number of nitrogens with one attached hydrogen (secondary N) is 1. The van der Waals surface area contributed by atoms with Crippen LogP contribution in [0.2, 0.25) is 10.0 Å². The Bertz CT molecular complexity index is 480. The predicted octanol–water partition coefficient (Wildman–Crippen LogP) is 5.13. The van der Waals surface area contributed by atoms with E-state index in [4.69, 9.17) is 23.2 Å². The SMILES string of the molecule is Cl.Cl.FC(F)(F)CC[C@H](c1ccc(Cl)c(Cl)c1)N1CCNCC1. The average molecular weight is 414 g/mol. The fraction of sp³-hybridized carbons (Fsp3) is 0.571. The van der Waals surface area contributed by atoms with Gasteiger partial charge in [0.25, 0.3) is 0 Å². The van der Waals surface area contributed by atoms with E-state index in [9.17, 15) is 13.2 Å². The number of benzene rings is 1. The molecular weight excluding hydrogens is 395 g/mol. The molecule has 0 aromatic heterocycles. The van der Waals surface area contributed by atoms with Crippen molar-refractivity contribution in [1.29, 1.82) is 0 Å². The van der Waals surface area contributed by atoms with Crippen LogP contribution < -0.4 is 5.32 Å². The lowest BCUT2D eigenvalue weighted by Gasteiger charge is -2.35. The first-order chi connectivity index (χ1) is 9.87. The fourth-order valence-electron chi connectivity index (χ4n) is 2.57. The molecule has 2 nitrogen and oxygen atoms in total. The Morgan fingerprint density at radius 2 is 1.70 bits per heavy atom. The van der Waals surface area contributed by atoms with Gasteiger partial charge in [-0.05, 0) is 24.1 Å². The number of nitrogens with zero attached hydrogens (tertiary/aromatic N) is 1. The molecule has 0 spiro atoms. The van der Waals surface area contributed by atoms with E-state index in [-0.39, 0.29) is 37.3 Å². The number of rotatable bonds is 4. The fourth-order valence-corrected chi connectivity index (χ4v) is 2.88. The lowest BCUT2D eigenvalue weighted by molar-refractivity contribution is -0.138. The van der Waals surface area contributed by atoms with E-state index >= 15 is 0 Å². The van der Waals surface area contributed by atoms with Crippen LogP contribution in [0.25, 0.3) is 0 Å². The van der Waals surface area contributed by atoms with Gasteiger partial charge in [0.15, 0.2) is 0 Å². The molecule has 134 valence electrons. The van der Waals surface area contributed by atoms with Crippen LogP contribution in [-0.2, 0) is 0 Å². The maximum absolute atomic E-state index is 12.6. The zero-order valence-corrected chi connectivity index (χ0v) is 15.4. The van der Waals surface area contributed by atoms with Gasteiger partial charge in [0, 0.05) is 38.6 Å². The van der Waals surface area contributed by atoms with Crippen LogP contribution >= 0.6 is 48.0 Å². The Morgan fingerprint density at radius 3 is 2.22 bits per heavy atom. The van der Waals surface area contributed by atoms with E-state index in [1.807, 2.05) is 0 Å². The summed E-state index contributed by atoms with van der Waals surface area (Å²) >= 11 is 11.9. The minimum atomic E-state index is -4.15. The second kappa shape index (κ2) is 10.2. The van der Waals surface area contributed by atoms with Gasteiger partial charge in [-0.15, -0.1) is 24.8 Å². The van der Waals surface area contributed by atoms with Crippen LogP contribution in [-0.4, -0.2) is 37.3 Å². The molecule has 0 radical (unpaired) electrons. The van der Waals surface area contributed by atoms with Crippen molar-refractivity contribution in [3.05, 3.63) is 33.8 Å². The summed E-state index contributed by atoms with van der Waals surface area (Å²) in [6.07, 6.45) is -4.92. The third-order valence-corrected chi connectivity index (χ3v) is 4.36. The van der Waals surface area contributed by atoms with Crippen LogP contribution in [0, 0.1) is 0 Å². The first-order valence-electron chi connectivity index (χ1n) is 6.83. The number of halogens is 7. The highest BCUT2D eigenvalue weighted by Crippen LogP contribution is 2.34. The molecule has 1 saturated heterocycles. The normalized spacial score (nSPS) is 17.1. The lowest BCUT2D eigenvalue weighted by Crippen LogP contribution is -2.45. The number of hydrogen-bond donors (Lipinski definition) is 1. The van der Waals surface area contributed by atoms with Gasteiger partial charge in [-0.1, -0.05) is 29.3 Å². The summed E-state index contributed by atoms with van der Waals surface area (Å²) in [6.45, 7) is 3.01. The third kappa shape index (κ3) is 7.24. The predicted molar refractivity (Wildman–Crippen MR) is 93.4 cm³/mol. The van der Waals surface area contributed by atoms with Gasteiger partial charge in [-0.3, -0.25) is 4.90 Å². The van der Waals surface area contributed by atoms with E-state index in [2.05, 4.69) is 10.2 Å². The second-order valence-electron chi connectivity index (χ2n) is 5.13. The molecule has 1 aromatic rings. The second-order valence-corrected chi connectivity index (χ2v) is 5.94. The maximum atomic E-state index is 12.6. The van der Waals surface area contributed by atoms with Crippen LogP contribution in [0.4, 0.5) is 13.2 Å². The van der Waals surface area contributed by atoms with Crippen LogP contribution in [0.3, 0.4) is 0 Å². The zero-order valence-electron chi connectivity index (χ0n) is 12.2.